The van der Waals surface area contributed by atoms with Crippen LogP contribution in [0, 0.1) is 12.3 Å². The average Bonchev–Trinajstić information content (AvgIpc) is 2.89. The van der Waals surface area contributed by atoms with Crippen molar-refractivity contribution >= 4 is 0 Å². The Hall–Kier alpha value is -1.22. The smallest absolute Gasteiger partial charge is 0.0337 e. The maximum Gasteiger partial charge on any atom is 0.0337 e. The molecule has 1 aliphatic rings. The van der Waals surface area contributed by atoms with Crippen LogP contribution in [0.1, 0.15) is 29.9 Å². The Morgan fingerprint density at radius 1 is 1.25 bits per heavy atom. The highest BCUT2D eigenvalue weighted by atomic mass is 14.3. The van der Waals surface area contributed by atoms with E-state index in [1.165, 1.54) is 24.0 Å². The lowest BCUT2D eigenvalue weighted by molar-refractivity contribution is 1.12. The first-order valence-electron chi connectivity index (χ1n) is 4.42. The molecule has 1 aromatic rings. The van der Waals surface area contributed by atoms with Crippen LogP contribution >= 0.6 is 0 Å². The van der Waals surface area contributed by atoms with Crippen LogP contribution in [0.5, 0.6) is 0 Å². The van der Waals surface area contributed by atoms with Crippen molar-refractivity contribution < 1.29 is 0 Å². The second-order valence-electron chi connectivity index (χ2n) is 3.40. The minimum Gasteiger partial charge on any atom is -0.120 e. The van der Waals surface area contributed by atoms with Gasteiger partial charge in [0, 0.05) is 6.42 Å². The first-order valence-corrected chi connectivity index (χ1v) is 4.42. The van der Waals surface area contributed by atoms with Crippen molar-refractivity contribution in [1.29, 1.82) is 0 Å². The average molecular weight is 156 g/mol. The van der Waals surface area contributed by atoms with Crippen molar-refractivity contribution in [3.8, 4) is 12.3 Å². The van der Waals surface area contributed by atoms with Gasteiger partial charge in [0.15, 0.2) is 0 Å². The van der Waals surface area contributed by atoms with Crippen molar-refractivity contribution in [2.45, 2.75) is 25.2 Å². The molecular formula is C12H12. The van der Waals surface area contributed by atoms with Gasteiger partial charge in [-0.05, 0) is 29.9 Å². The molecule has 1 saturated carbocycles. The molecule has 60 valence electrons. The van der Waals surface area contributed by atoms with Gasteiger partial charge < -0.3 is 0 Å². The Kier molecular flexibility index (Phi) is 1.87. The largest absolute Gasteiger partial charge is 0.120 e. The standard InChI is InChI=1S/C12H12/c1-2-3-10-4-6-11(7-5-10)12-8-9-12/h1,4-7,12H,3,8-9H2. The molecule has 0 amide bonds. The highest BCUT2D eigenvalue weighted by Gasteiger charge is 2.22. The molecule has 0 saturated heterocycles. The van der Waals surface area contributed by atoms with Gasteiger partial charge in [0.2, 0.25) is 0 Å². The van der Waals surface area contributed by atoms with Crippen molar-refractivity contribution in [3.63, 3.8) is 0 Å². The number of hydrogen-bond acceptors (Lipinski definition) is 0. The molecule has 0 aromatic heterocycles. The molecule has 2 rings (SSSR count). The second kappa shape index (κ2) is 3.03. The van der Waals surface area contributed by atoms with E-state index in [1.54, 1.807) is 0 Å². The third-order valence-corrected chi connectivity index (χ3v) is 2.33. The summed E-state index contributed by atoms with van der Waals surface area (Å²) < 4.78 is 0. The second-order valence-corrected chi connectivity index (χ2v) is 3.40. The molecule has 1 aliphatic carbocycles. The SMILES string of the molecule is C#CCc1ccc(C2CC2)cc1. The number of terminal acetylenes is 1. The van der Waals surface area contributed by atoms with E-state index in [4.69, 9.17) is 6.42 Å². The third kappa shape index (κ3) is 1.51. The van der Waals surface area contributed by atoms with E-state index >= 15 is 0 Å². The minimum absolute atomic E-state index is 0.755. The molecule has 0 unspecified atom stereocenters. The molecule has 12 heavy (non-hydrogen) atoms. The minimum atomic E-state index is 0.755. The quantitative estimate of drug-likeness (QED) is 0.577. The van der Waals surface area contributed by atoms with Crippen LogP contribution in [0.15, 0.2) is 24.3 Å². The predicted octanol–water partition coefficient (Wildman–Crippen LogP) is 2.74. The van der Waals surface area contributed by atoms with Crippen LogP contribution < -0.4 is 0 Å². The van der Waals surface area contributed by atoms with Gasteiger partial charge in [-0.1, -0.05) is 24.3 Å². The van der Waals surface area contributed by atoms with Crippen LogP contribution in [0.3, 0.4) is 0 Å². The number of rotatable bonds is 2. The maximum atomic E-state index is 5.22. The van der Waals surface area contributed by atoms with Gasteiger partial charge in [-0.3, -0.25) is 0 Å². The van der Waals surface area contributed by atoms with Gasteiger partial charge in [0.25, 0.3) is 0 Å². The fourth-order valence-electron chi connectivity index (χ4n) is 1.44. The van der Waals surface area contributed by atoms with E-state index in [9.17, 15) is 0 Å². The normalized spacial score (nSPS) is 15.6. The zero-order valence-corrected chi connectivity index (χ0v) is 7.09. The summed E-state index contributed by atoms with van der Waals surface area (Å²) in [6.45, 7) is 0. The summed E-state index contributed by atoms with van der Waals surface area (Å²) in [5.74, 6) is 3.50. The maximum absolute atomic E-state index is 5.22. The van der Waals surface area contributed by atoms with Crippen molar-refractivity contribution in [2.24, 2.45) is 0 Å². The summed E-state index contributed by atoms with van der Waals surface area (Å²) in [7, 11) is 0. The molecule has 0 aliphatic heterocycles. The van der Waals surface area contributed by atoms with Crippen molar-refractivity contribution in [2.75, 3.05) is 0 Å². The molecular weight excluding hydrogens is 144 g/mol. The molecule has 0 nitrogen and oxygen atoms in total. The van der Waals surface area contributed by atoms with Crippen LogP contribution in [0.2, 0.25) is 0 Å². The topological polar surface area (TPSA) is 0 Å². The summed E-state index contributed by atoms with van der Waals surface area (Å²) in [6.07, 6.45) is 8.71. The van der Waals surface area contributed by atoms with Crippen LogP contribution in [0.25, 0.3) is 0 Å². The van der Waals surface area contributed by atoms with Gasteiger partial charge in [-0.25, -0.2) is 0 Å². The summed E-state index contributed by atoms with van der Waals surface area (Å²) in [5.41, 5.74) is 2.73. The number of benzene rings is 1. The Bertz CT molecular complexity index is 296. The van der Waals surface area contributed by atoms with Gasteiger partial charge in [0.1, 0.15) is 0 Å². The molecule has 0 spiro atoms. The highest BCUT2D eigenvalue weighted by molar-refractivity contribution is 5.29. The summed E-state index contributed by atoms with van der Waals surface area (Å²) in [4.78, 5) is 0. The predicted molar refractivity (Wildman–Crippen MR) is 51.0 cm³/mol. The molecule has 1 fully saturated rings. The molecule has 0 atom stereocenters. The fraction of sp³-hybridized carbons (Fsp3) is 0.333. The number of hydrogen-bond donors (Lipinski definition) is 0. The van der Waals surface area contributed by atoms with Crippen molar-refractivity contribution in [1.82, 2.24) is 0 Å². The monoisotopic (exact) mass is 156 g/mol. The van der Waals surface area contributed by atoms with E-state index in [0.29, 0.717) is 0 Å². The molecule has 0 radical (unpaired) electrons. The van der Waals surface area contributed by atoms with Crippen molar-refractivity contribution in [3.05, 3.63) is 35.4 Å². The third-order valence-electron chi connectivity index (χ3n) is 2.33. The van der Waals surface area contributed by atoms with Gasteiger partial charge >= 0.3 is 0 Å². The Labute approximate surface area is 73.6 Å². The Morgan fingerprint density at radius 3 is 2.42 bits per heavy atom. The van der Waals surface area contributed by atoms with Gasteiger partial charge in [0.05, 0.1) is 0 Å². The van der Waals surface area contributed by atoms with Crippen LogP contribution in [-0.2, 0) is 6.42 Å². The van der Waals surface area contributed by atoms with E-state index in [0.717, 1.165) is 12.3 Å². The Balaban J connectivity index is 2.14. The van der Waals surface area contributed by atoms with Crippen LogP contribution in [-0.4, -0.2) is 0 Å². The first kappa shape index (κ1) is 7.43. The summed E-state index contributed by atoms with van der Waals surface area (Å²) in [5, 5.41) is 0. The molecule has 0 N–H and O–H groups in total. The highest BCUT2D eigenvalue weighted by Crippen LogP contribution is 2.39. The van der Waals surface area contributed by atoms with Gasteiger partial charge in [-0.2, -0.15) is 0 Å². The summed E-state index contributed by atoms with van der Waals surface area (Å²) in [6, 6.07) is 8.72. The van der Waals surface area contributed by atoms with Gasteiger partial charge in [-0.15, -0.1) is 12.3 Å². The zero-order valence-electron chi connectivity index (χ0n) is 7.09. The van der Waals surface area contributed by atoms with E-state index in [2.05, 4.69) is 30.2 Å². The fourth-order valence-corrected chi connectivity index (χ4v) is 1.44. The van der Waals surface area contributed by atoms with E-state index in [1.807, 2.05) is 0 Å². The van der Waals surface area contributed by atoms with E-state index in [-0.39, 0.29) is 0 Å². The molecule has 0 heteroatoms. The van der Waals surface area contributed by atoms with Crippen LogP contribution in [0.4, 0.5) is 0 Å². The molecule has 0 heterocycles. The molecule has 1 aromatic carbocycles. The Morgan fingerprint density at radius 2 is 1.92 bits per heavy atom. The first-order chi connectivity index (χ1) is 5.90. The molecule has 0 bridgehead atoms. The lowest BCUT2D eigenvalue weighted by Gasteiger charge is -1.98. The zero-order chi connectivity index (χ0) is 8.39. The summed E-state index contributed by atoms with van der Waals surface area (Å²) >= 11 is 0. The lowest BCUT2D eigenvalue weighted by atomic mass is 10.1. The van der Waals surface area contributed by atoms with E-state index < -0.39 is 0 Å². The lowest BCUT2D eigenvalue weighted by Crippen LogP contribution is -1.83.